The van der Waals surface area contributed by atoms with Crippen LogP contribution in [0.5, 0.6) is 11.5 Å². The van der Waals surface area contributed by atoms with Crippen molar-refractivity contribution in [1.29, 1.82) is 0 Å². The van der Waals surface area contributed by atoms with Crippen molar-refractivity contribution in [3.63, 3.8) is 0 Å². The van der Waals surface area contributed by atoms with E-state index in [1.54, 1.807) is 0 Å². The van der Waals surface area contributed by atoms with Crippen LogP contribution in [0.4, 0.5) is 4.39 Å². The van der Waals surface area contributed by atoms with Crippen LogP contribution in [-0.4, -0.2) is 13.2 Å². The van der Waals surface area contributed by atoms with Crippen LogP contribution in [0.1, 0.15) is 23.6 Å². The molecule has 0 atom stereocenters. The lowest BCUT2D eigenvalue weighted by atomic mass is 10.1. The normalized spacial score (nSPS) is 10.5. The molecule has 0 spiro atoms. The number of nitrogens with one attached hydrogen (secondary N) is 1. The van der Waals surface area contributed by atoms with Crippen molar-refractivity contribution in [3.05, 3.63) is 92.7 Å². The summed E-state index contributed by atoms with van der Waals surface area (Å²) in [4.78, 5) is 0. The van der Waals surface area contributed by atoms with Gasteiger partial charge in [-0.25, -0.2) is 4.39 Å². The van der Waals surface area contributed by atoms with Gasteiger partial charge in [0, 0.05) is 17.1 Å². The molecule has 0 amide bonds. The first-order chi connectivity index (χ1) is 14.6. The summed E-state index contributed by atoms with van der Waals surface area (Å²) in [6.45, 7) is 4.31. The number of hydrogen-bond donors (Lipinski definition) is 1. The molecular weight excluding hydrogens is 504 g/mol. The third kappa shape index (κ3) is 7.69. The standard InChI is InChI=1S/C24H24BrClFNO2.ClH/c1-2-29-23-14-18(15-28-12-11-17-7-9-20(27)10-8-17)13-21(25)24(23)30-16-19-5-3-4-6-22(19)26;/h3-10,13-14,28H,2,11-12,15-16H2,1H3;1H. The minimum absolute atomic E-state index is 0. The highest BCUT2D eigenvalue weighted by atomic mass is 79.9. The molecule has 0 aliphatic rings. The average Bonchev–Trinajstić information content (AvgIpc) is 2.73. The third-order valence-corrected chi connectivity index (χ3v) is 5.49. The molecule has 0 aliphatic carbocycles. The van der Waals surface area contributed by atoms with E-state index in [-0.39, 0.29) is 18.2 Å². The fourth-order valence-corrected chi connectivity index (χ4v) is 3.80. The van der Waals surface area contributed by atoms with Crippen molar-refractivity contribution in [2.75, 3.05) is 13.2 Å². The summed E-state index contributed by atoms with van der Waals surface area (Å²) in [6.07, 6.45) is 0.832. The van der Waals surface area contributed by atoms with E-state index < -0.39 is 0 Å². The first kappa shape index (κ1) is 25.5. The molecular formula is C24H25BrCl2FNO2. The molecule has 0 aliphatic heterocycles. The molecule has 3 rings (SSSR count). The van der Waals surface area contributed by atoms with E-state index in [4.69, 9.17) is 21.1 Å². The van der Waals surface area contributed by atoms with E-state index in [1.807, 2.05) is 55.5 Å². The van der Waals surface area contributed by atoms with Crippen LogP contribution in [0.25, 0.3) is 0 Å². The maximum atomic E-state index is 13.0. The molecule has 0 fully saturated rings. The van der Waals surface area contributed by atoms with Crippen LogP contribution in [-0.2, 0) is 19.6 Å². The summed E-state index contributed by atoms with van der Waals surface area (Å²) in [5.74, 6) is 1.14. The van der Waals surface area contributed by atoms with Gasteiger partial charge < -0.3 is 14.8 Å². The quantitative estimate of drug-likeness (QED) is 0.288. The van der Waals surface area contributed by atoms with Crippen LogP contribution < -0.4 is 14.8 Å². The minimum Gasteiger partial charge on any atom is -0.490 e. The summed E-state index contributed by atoms with van der Waals surface area (Å²) in [5.41, 5.74) is 3.10. The Morgan fingerprint density at radius 1 is 1.00 bits per heavy atom. The summed E-state index contributed by atoms with van der Waals surface area (Å²) >= 11 is 9.84. The zero-order valence-corrected chi connectivity index (χ0v) is 20.3. The Hall–Kier alpha value is -1.79. The molecule has 1 N–H and O–H groups in total. The molecule has 166 valence electrons. The molecule has 0 saturated carbocycles. The second kappa shape index (κ2) is 12.9. The van der Waals surface area contributed by atoms with Crippen LogP contribution >= 0.6 is 39.9 Å². The number of rotatable bonds is 10. The Balaban J connectivity index is 0.00000341. The van der Waals surface area contributed by atoms with E-state index in [2.05, 4.69) is 21.2 Å². The Morgan fingerprint density at radius 2 is 1.74 bits per heavy atom. The molecule has 0 bridgehead atoms. The predicted molar refractivity (Wildman–Crippen MR) is 130 cm³/mol. The third-order valence-electron chi connectivity index (χ3n) is 4.53. The van der Waals surface area contributed by atoms with Crippen LogP contribution in [0.3, 0.4) is 0 Å². The second-order valence-electron chi connectivity index (χ2n) is 6.77. The number of ether oxygens (including phenoxy) is 2. The van der Waals surface area contributed by atoms with Crippen LogP contribution in [0.15, 0.2) is 65.1 Å². The van der Waals surface area contributed by atoms with Crippen molar-refractivity contribution in [1.82, 2.24) is 5.32 Å². The Labute approximate surface area is 202 Å². The van der Waals surface area contributed by atoms with Gasteiger partial charge in [0.25, 0.3) is 0 Å². The topological polar surface area (TPSA) is 30.5 Å². The molecule has 3 nitrogen and oxygen atoms in total. The molecule has 3 aromatic rings. The number of benzene rings is 3. The van der Waals surface area contributed by atoms with Gasteiger partial charge in [-0.2, -0.15) is 0 Å². The predicted octanol–water partition coefficient (Wildman–Crippen LogP) is 6.97. The SMILES string of the molecule is CCOc1cc(CNCCc2ccc(F)cc2)cc(Br)c1OCc1ccccc1Cl.Cl. The lowest BCUT2D eigenvalue weighted by molar-refractivity contribution is 0.267. The highest BCUT2D eigenvalue weighted by Gasteiger charge is 2.13. The largest absolute Gasteiger partial charge is 0.490 e. The van der Waals surface area contributed by atoms with E-state index in [0.717, 1.165) is 34.1 Å². The van der Waals surface area contributed by atoms with Crippen LogP contribution in [0, 0.1) is 5.82 Å². The fraction of sp³-hybridized carbons (Fsp3) is 0.250. The van der Waals surface area contributed by atoms with Gasteiger partial charge >= 0.3 is 0 Å². The zero-order valence-electron chi connectivity index (χ0n) is 17.2. The molecule has 0 heterocycles. The molecule has 7 heteroatoms. The van der Waals surface area contributed by atoms with E-state index in [1.165, 1.54) is 12.1 Å². The molecule has 0 aromatic heterocycles. The smallest absolute Gasteiger partial charge is 0.175 e. The first-order valence-corrected chi connectivity index (χ1v) is 11.0. The average molecular weight is 529 g/mol. The molecule has 0 radical (unpaired) electrons. The van der Waals surface area contributed by atoms with Gasteiger partial charge in [0.05, 0.1) is 11.1 Å². The van der Waals surface area contributed by atoms with Crippen molar-refractivity contribution in [2.45, 2.75) is 26.5 Å². The van der Waals surface area contributed by atoms with Gasteiger partial charge in [-0.3, -0.25) is 0 Å². The Morgan fingerprint density at radius 3 is 2.45 bits per heavy atom. The summed E-state index contributed by atoms with van der Waals surface area (Å²) in [6, 6.07) is 18.2. The van der Waals surface area contributed by atoms with E-state index in [9.17, 15) is 4.39 Å². The lowest BCUT2D eigenvalue weighted by Crippen LogP contribution is -2.17. The van der Waals surface area contributed by atoms with Crippen molar-refractivity contribution < 1.29 is 13.9 Å². The lowest BCUT2D eigenvalue weighted by Gasteiger charge is -2.16. The maximum absolute atomic E-state index is 13.0. The Kier molecular flexibility index (Phi) is 10.6. The highest BCUT2D eigenvalue weighted by molar-refractivity contribution is 9.10. The van der Waals surface area contributed by atoms with Crippen molar-refractivity contribution >= 4 is 39.9 Å². The molecule has 0 saturated heterocycles. The first-order valence-electron chi connectivity index (χ1n) is 9.83. The van der Waals surface area contributed by atoms with Crippen molar-refractivity contribution in [3.8, 4) is 11.5 Å². The van der Waals surface area contributed by atoms with Crippen molar-refractivity contribution in [2.24, 2.45) is 0 Å². The fourth-order valence-electron chi connectivity index (χ4n) is 3.01. The van der Waals surface area contributed by atoms with E-state index in [0.29, 0.717) is 36.3 Å². The van der Waals surface area contributed by atoms with Gasteiger partial charge in [0.15, 0.2) is 11.5 Å². The van der Waals surface area contributed by atoms with Crippen LogP contribution in [0.2, 0.25) is 5.02 Å². The molecule has 0 unspecified atom stereocenters. The molecule has 31 heavy (non-hydrogen) atoms. The second-order valence-corrected chi connectivity index (χ2v) is 8.03. The zero-order chi connectivity index (χ0) is 21.3. The Bertz CT molecular complexity index is 970. The van der Waals surface area contributed by atoms with Gasteiger partial charge in [-0.1, -0.05) is 41.9 Å². The minimum atomic E-state index is -0.211. The van der Waals surface area contributed by atoms with E-state index >= 15 is 0 Å². The van der Waals surface area contributed by atoms with Gasteiger partial charge in [-0.15, -0.1) is 12.4 Å². The summed E-state index contributed by atoms with van der Waals surface area (Å²) in [7, 11) is 0. The number of halogens is 4. The van der Waals surface area contributed by atoms with Gasteiger partial charge in [0.1, 0.15) is 12.4 Å². The summed E-state index contributed by atoms with van der Waals surface area (Å²) < 4.78 is 25.7. The number of hydrogen-bond acceptors (Lipinski definition) is 3. The molecule has 3 aromatic carbocycles. The van der Waals surface area contributed by atoms with Gasteiger partial charge in [-0.05, 0) is 77.3 Å². The monoisotopic (exact) mass is 527 g/mol. The maximum Gasteiger partial charge on any atom is 0.175 e. The summed E-state index contributed by atoms with van der Waals surface area (Å²) in [5, 5.41) is 4.09. The highest BCUT2D eigenvalue weighted by Crippen LogP contribution is 2.37. The van der Waals surface area contributed by atoms with Gasteiger partial charge in [0.2, 0.25) is 0 Å².